The molecule has 1 amide bonds. The van der Waals surface area contributed by atoms with Gasteiger partial charge >= 0.3 is 5.97 Å². The molecule has 4 atom stereocenters. The first-order chi connectivity index (χ1) is 12.0. The first-order valence-corrected chi connectivity index (χ1v) is 8.42. The largest absolute Gasteiger partial charge is 0.481 e. The molecule has 4 rings (SSSR count). The van der Waals surface area contributed by atoms with Gasteiger partial charge in [0.25, 0.3) is 0 Å². The van der Waals surface area contributed by atoms with Gasteiger partial charge in [0, 0.05) is 11.3 Å². The Kier molecular flexibility index (Phi) is 3.71. The lowest BCUT2D eigenvalue weighted by Gasteiger charge is -2.23. The van der Waals surface area contributed by atoms with E-state index in [4.69, 9.17) is 4.42 Å². The molecule has 0 saturated heterocycles. The zero-order valence-electron chi connectivity index (χ0n) is 13.8. The zero-order valence-corrected chi connectivity index (χ0v) is 13.8. The maximum Gasteiger partial charge on any atom is 0.307 e. The second-order valence-electron chi connectivity index (χ2n) is 6.82. The summed E-state index contributed by atoms with van der Waals surface area (Å²) in [6, 6.07) is 11.2. The highest BCUT2D eigenvalue weighted by Crippen LogP contribution is 2.48. The van der Waals surface area contributed by atoms with E-state index in [1.54, 1.807) is 0 Å². The lowest BCUT2D eigenvalue weighted by Crippen LogP contribution is -2.36. The van der Waals surface area contributed by atoms with Crippen molar-refractivity contribution in [3.05, 3.63) is 54.3 Å². The summed E-state index contributed by atoms with van der Waals surface area (Å²) in [6.45, 7) is 1.89. The first-order valence-electron chi connectivity index (χ1n) is 8.42. The van der Waals surface area contributed by atoms with E-state index in [1.807, 2.05) is 55.5 Å². The number of benzene rings is 1. The summed E-state index contributed by atoms with van der Waals surface area (Å²) in [6.07, 6.45) is 4.68. The first kappa shape index (κ1) is 15.7. The topological polar surface area (TPSA) is 79.5 Å². The number of furan rings is 1. The molecule has 5 heteroatoms. The molecule has 1 saturated carbocycles. The Bertz CT molecular complexity index is 849. The normalized spacial score (nSPS) is 26.8. The van der Waals surface area contributed by atoms with E-state index < -0.39 is 17.8 Å². The minimum absolute atomic E-state index is 0.0245. The summed E-state index contributed by atoms with van der Waals surface area (Å²) in [5.74, 6) is -0.609. The minimum Gasteiger partial charge on any atom is -0.481 e. The number of carbonyl (C=O) groups excluding carboxylic acids is 1. The quantitative estimate of drug-likeness (QED) is 0.834. The van der Waals surface area contributed by atoms with E-state index in [1.165, 1.54) is 0 Å². The summed E-state index contributed by atoms with van der Waals surface area (Å²) in [4.78, 5) is 24.2. The summed E-state index contributed by atoms with van der Waals surface area (Å²) in [7, 11) is 0. The Morgan fingerprint density at radius 2 is 1.72 bits per heavy atom. The van der Waals surface area contributed by atoms with Crippen LogP contribution >= 0.6 is 0 Å². The number of carboxylic acid groups (broad SMARTS) is 1. The number of rotatable bonds is 4. The van der Waals surface area contributed by atoms with Crippen molar-refractivity contribution in [2.45, 2.75) is 13.3 Å². The molecular formula is C20H19NO4. The molecule has 0 aliphatic heterocycles. The molecule has 2 N–H and O–H groups in total. The van der Waals surface area contributed by atoms with Crippen LogP contribution in [0.5, 0.6) is 0 Å². The number of carbonyl (C=O) groups is 2. The van der Waals surface area contributed by atoms with Crippen LogP contribution in [0.25, 0.3) is 11.3 Å². The van der Waals surface area contributed by atoms with Crippen LogP contribution in [-0.4, -0.2) is 17.0 Å². The Morgan fingerprint density at radius 1 is 1.04 bits per heavy atom. The van der Waals surface area contributed by atoms with Crippen LogP contribution in [0.3, 0.4) is 0 Å². The molecule has 0 radical (unpaired) electrons. The van der Waals surface area contributed by atoms with Crippen LogP contribution in [0.4, 0.5) is 5.69 Å². The maximum atomic E-state index is 12.7. The van der Waals surface area contributed by atoms with Gasteiger partial charge < -0.3 is 14.8 Å². The van der Waals surface area contributed by atoms with Gasteiger partial charge in [0.05, 0.1) is 11.8 Å². The van der Waals surface area contributed by atoms with Gasteiger partial charge in [-0.05, 0) is 61.6 Å². The number of aliphatic carboxylic acids is 1. The molecule has 1 heterocycles. The van der Waals surface area contributed by atoms with Crippen molar-refractivity contribution in [2.75, 3.05) is 5.32 Å². The van der Waals surface area contributed by atoms with Crippen molar-refractivity contribution < 1.29 is 19.1 Å². The molecule has 2 aliphatic rings. The van der Waals surface area contributed by atoms with Gasteiger partial charge in [0.15, 0.2) is 0 Å². The number of fused-ring (bicyclic) bond motifs is 2. The highest BCUT2D eigenvalue weighted by molar-refractivity contribution is 5.96. The molecule has 0 spiro atoms. The summed E-state index contributed by atoms with van der Waals surface area (Å²) in [5.41, 5.74) is 1.59. The van der Waals surface area contributed by atoms with Gasteiger partial charge in [0.2, 0.25) is 5.91 Å². The molecule has 2 bridgehead atoms. The number of hydrogen-bond donors (Lipinski definition) is 2. The molecular weight excluding hydrogens is 318 g/mol. The third-order valence-corrected chi connectivity index (χ3v) is 5.22. The molecule has 25 heavy (non-hydrogen) atoms. The molecule has 0 unspecified atom stereocenters. The average Bonchev–Trinajstić information content (AvgIpc) is 3.30. The number of anilines is 1. The van der Waals surface area contributed by atoms with E-state index in [0.29, 0.717) is 5.69 Å². The fourth-order valence-electron chi connectivity index (χ4n) is 4.05. The second kappa shape index (κ2) is 5.92. The van der Waals surface area contributed by atoms with Gasteiger partial charge in [-0.1, -0.05) is 12.2 Å². The lowest BCUT2D eigenvalue weighted by atomic mass is 9.82. The highest BCUT2D eigenvalue weighted by atomic mass is 16.4. The van der Waals surface area contributed by atoms with Crippen LogP contribution in [0, 0.1) is 30.6 Å². The number of nitrogens with one attached hydrogen (secondary N) is 1. The Morgan fingerprint density at radius 3 is 2.32 bits per heavy atom. The van der Waals surface area contributed by atoms with E-state index in [-0.39, 0.29) is 17.7 Å². The van der Waals surface area contributed by atoms with Crippen molar-refractivity contribution in [3.63, 3.8) is 0 Å². The van der Waals surface area contributed by atoms with Gasteiger partial charge in [-0.2, -0.15) is 0 Å². The van der Waals surface area contributed by atoms with Crippen molar-refractivity contribution in [1.29, 1.82) is 0 Å². The fraction of sp³-hybridized carbons (Fsp3) is 0.300. The molecule has 2 aromatic rings. The van der Waals surface area contributed by atoms with Crippen molar-refractivity contribution in [1.82, 2.24) is 0 Å². The van der Waals surface area contributed by atoms with Gasteiger partial charge in [-0.15, -0.1) is 0 Å². The lowest BCUT2D eigenvalue weighted by molar-refractivity contribution is -0.146. The molecule has 1 aromatic carbocycles. The van der Waals surface area contributed by atoms with Crippen LogP contribution in [0.15, 0.2) is 53.0 Å². The van der Waals surface area contributed by atoms with Crippen molar-refractivity contribution >= 4 is 17.6 Å². The predicted molar refractivity (Wildman–Crippen MR) is 92.9 cm³/mol. The van der Waals surface area contributed by atoms with Crippen LogP contribution in [0.2, 0.25) is 0 Å². The van der Waals surface area contributed by atoms with Gasteiger partial charge in [0.1, 0.15) is 11.5 Å². The average molecular weight is 337 g/mol. The fourth-order valence-corrected chi connectivity index (χ4v) is 4.05. The van der Waals surface area contributed by atoms with Crippen molar-refractivity contribution in [3.8, 4) is 11.3 Å². The van der Waals surface area contributed by atoms with Crippen molar-refractivity contribution in [2.24, 2.45) is 23.7 Å². The summed E-state index contributed by atoms with van der Waals surface area (Å²) in [5, 5.41) is 12.3. The third kappa shape index (κ3) is 2.76. The second-order valence-corrected chi connectivity index (χ2v) is 6.82. The van der Waals surface area contributed by atoms with E-state index in [9.17, 15) is 14.7 Å². The molecule has 2 aliphatic carbocycles. The number of hydrogen-bond acceptors (Lipinski definition) is 3. The maximum absolute atomic E-state index is 12.7. The predicted octanol–water partition coefficient (Wildman–Crippen LogP) is 3.72. The van der Waals surface area contributed by atoms with E-state index >= 15 is 0 Å². The Balaban J connectivity index is 1.49. The van der Waals surface area contributed by atoms with E-state index in [0.717, 1.165) is 23.5 Å². The van der Waals surface area contributed by atoms with Gasteiger partial charge in [-0.3, -0.25) is 9.59 Å². The Labute approximate surface area is 145 Å². The smallest absolute Gasteiger partial charge is 0.307 e. The minimum atomic E-state index is -0.888. The Hall–Kier alpha value is -2.82. The summed E-state index contributed by atoms with van der Waals surface area (Å²) >= 11 is 0. The van der Waals surface area contributed by atoms with Crippen LogP contribution in [-0.2, 0) is 9.59 Å². The molecule has 5 nitrogen and oxygen atoms in total. The number of carboxylic acids is 1. The monoisotopic (exact) mass is 337 g/mol. The summed E-state index contributed by atoms with van der Waals surface area (Å²) < 4.78 is 5.59. The third-order valence-electron chi connectivity index (χ3n) is 5.22. The molecule has 1 aromatic heterocycles. The molecule has 128 valence electrons. The number of allylic oxidation sites excluding steroid dienone is 2. The van der Waals surface area contributed by atoms with Crippen LogP contribution in [0.1, 0.15) is 12.2 Å². The highest BCUT2D eigenvalue weighted by Gasteiger charge is 2.51. The number of amides is 1. The number of aryl methyl sites for hydroxylation is 1. The molecule has 1 fully saturated rings. The standard InChI is InChI=1S/C20H19NO4/c1-11-2-9-16(25-11)12-5-7-15(8-6-12)21-19(22)17-13-3-4-14(10-13)18(17)20(23)24/h2-9,13-14,17-18H,10H2,1H3,(H,21,22)(H,23,24)/t13-,14+,17-,18-/m0/s1. The van der Waals surface area contributed by atoms with Crippen LogP contribution < -0.4 is 5.32 Å². The van der Waals surface area contributed by atoms with Gasteiger partial charge in [-0.25, -0.2) is 0 Å². The van der Waals surface area contributed by atoms with E-state index in [2.05, 4.69) is 5.32 Å². The SMILES string of the molecule is Cc1ccc(-c2ccc(NC(=O)[C@@H]3[C@@H](C(=O)O)[C@@H]4C=C[C@H]3C4)cc2)o1. The zero-order chi connectivity index (χ0) is 17.6.